The van der Waals surface area contributed by atoms with Crippen molar-refractivity contribution in [2.24, 2.45) is 0 Å². The lowest BCUT2D eigenvalue weighted by atomic mass is 10.0. The normalized spacial score (nSPS) is 12.8. The molecule has 0 aliphatic carbocycles. The second-order valence-corrected chi connectivity index (χ2v) is 6.05. The van der Waals surface area contributed by atoms with Gasteiger partial charge in [0, 0.05) is 11.4 Å². The summed E-state index contributed by atoms with van der Waals surface area (Å²) in [7, 11) is 1.66. The van der Waals surface area contributed by atoms with Gasteiger partial charge in [0.15, 0.2) is 0 Å². The molecule has 1 rings (SSSR count). The van der Waals surface area contributed by atoms with Crippen molar-refractivity contribution in [3.63, 3.8) is 0 Å². The summed E-state index contributed by atoms with van der Waals surface area (Å²) in [6.07, 6.45) is 0. The van der Waals surface area contributed by atoms with Crippen molar-refractivity contribution in [3.05, 3.63) is 29.8 Å². The van der Waals surface area contributed by atoms with Gasteiger partial charge in [0.2, 0.25) is 0 Å². The average molecular weight is 307 g/mol. The lowest BCUT2D eigenvalue weighted by Crippen LogP contribution is -2.47. The number of carbonyl (C=O) groups is 1. The Hall–Kier alpha value is -1.21. The summed E-state index contributed by atoms with van der Waals surface area (Å²) in [6.45, 7) is 3.49. The first-order chi connectivity index (χ1) is 9.02. The van der Waals surface area contributed by atoms with Gasteiger partial charge in [0.1, 0.15) is 5.54 Å². The Kier molecular flexibility index (Phi) is 5.10. The van der Waals surface area contributed by atoms with Crippen molar-refractivity contribution >= 4 is 17.7 Å². The summed E-state index contributed by atoms with van der Waals surface area (Å²) in [5.74, 6) is -0.954. The standard InChI is InChI=1S/C13H16F3NO2S/c1-12(2,11(18)19)17(3)8-9-4-6-10(7-5-9)20-13(14,15)16/h4-7H,8H2,1-3H3,(H,18,19). The van der Waals surface area contributed by atoms with Crippen LogP contribution in [0.15, 0.2) is 29.2 Å². The number of halogens is 3. The molecular weight excluding hydrogens is 291 g/mol. The lowest BCUT2D eigenvalue weighted by Gasteiger charge is -2.31. The zero-order chi connectivity index (χ0) is 15.6. The Morgan fingerprint density at radius 3 is 2.15 bits per heavy atom. The maximum Gasteiger partial charge on any atom is 0.446 e. The van der Waals surface area contributed by atoms with E-state index < -0.39 is 17.0 Å². The van der Waals surface area contributed by atoms with Crippen LogP contribution in [0.3, 0.4) is 0 Å². The molecule has 0 spiro atoms. The third-order valence-corrected chi connectivity index (χ3v) is 3.79. The van der Waals surface area contributed by atoms with Crippen molar-refractivity contribution in [1.29, 1.82) is 0 Å². The van der Waals surface area contributed by atoms with Gasteiger partial charge in [-0.1, -0.05) is 12.1 Å². The van der Waals surface area contributed by atoms with Crippen LogP contribution in [0.4, 0.5) is 13.2 Å². The number of thioether (sulfide) groups is 1. The molecule has 3 nitrogen and oxygen atoms in total. The van der Waals surface area contributed by atoms with Crippen LogP contribution in [0.5, 0.6) is 0 Å². The van der Waals surface area contributed by atoms with E-state index in [-0.39, 0.29) is 16.7 Å². The second-order valence-electron chi connectivity index (χ2n) is 4.91. The van der Waals surface area contributed by atoms with Gasteiger partial charge in [0.25, 0.3) is 0 Å². The van der Waals surface area contributed by atoms with Crippen LogP contribution >= 0.6 is 11.8 Å². The lowest BCUT2D eigenvalue weighted by molar-refractivity contribution is -0.148. The monoisotopic (exact) mass is 307 g/mol. The van der Waals surface area contributed by atoms with E-state index in [1.54, 1.807) is 37.9 Å². The first-order valence-electron chi connectivity index (χ1n) is 5.81. The molecule has 0 aliphatic heterocycles. The van der Waals surface area contributed by atoms with E-state index in [2.05, 4.69) is 0 Å². The number of carboxylic acids is 1. The Balaban J connectivity index is 2.73. The highest BCUT2D eigenvalue weighted by Gasteiger charge is 2.32. The van der Waals surface area contributed by atoms with Gasteiger partial charge in [-0.25, -0.2) is 0 Å². The van der Waals surface area contributed by atoms with Crippen molar-refractivity contribution in [2.45, 2.75) is 36.3 Å². The van der Waals surface area contributed by atoms with Crippen LogP contribution in [0.2, 0.25) is 0 Å². The number of alkyl halides is 3. The molecule has 0 unspecified atom stereocenters. The molecule has 1 N–H and O–H groups in total. The fourth-order valence-corrected chi connectivity index (χ4v) is 1.97. The van der Waals surface area contributed by atoms with Crippen molar-refractivity contribution in [1.82, 2.24) is 4.90 Å². The highest BCUT2D eigenvalue weighted by atomic mass is 32.2. The van der Waals surface area contributed by atoms with Gasteiger partial charge in [-0.15, -0.1) is 0 Å². The van der Waals surface area contributed by atoms with Crippen LogP contribution in [0.1, 0.15) is 19.4 Å². The molecule has 0 atom stereocenters. The van der Waals surface area contributed by atoms with Crippen molar-refractivity contribution < 1.29 is 23.1 Å². The van der Waals surface area contributed by atoms with E-state index in [4.69, 9.17) is 5.11 Å². The molecule has 0 aromatic heterocycles. The molecule has 0 saturated carbocycles. The molecule has 1 aromatic carbocycles. The number of nitrogens with zero attached hydrogens (tertiary/aromatic N) is 1. The number of aliphatic carboxylic acids is 1. The Labute approximate surface area is 119 Å². The van der Waals surface area contributed by atoms with Crippen LogP contribution in [0.25, 0.3) is 0 Å². The van der Waals surface area contributed by atoms with E-state index >= 15 is 0 Å². The van der Waals surface area contributed by atoms with Gasteiger partial charge in [-0.2, -0.15) is 13.2 Å². The Bertz CT molecular complexity index is 471. The molecule has 0 aliphatic rings. The molecule has 0 radical (unpaired) electrons. The summed E-state index contributed by atoms with van der Waals surface area (Å²) < 4.78 is 36.6. The maximum atomic E-state index is 12.2. The van der Waals surface area contributed by atoms with Crippen LogP contribution < -0.4 is 0 Å². The van der Waals surface area contributed by atoms with E-state index in [0.717, 1.165) is 5.56 Å². The van der Waals surface area contributed by atoms with E-state index in [0.29, 0.717) is 6.54 Å². The minimum atomic E-state index is -4.30. The topological polar surface area (TPSA) is 40.5 Å². The molecule has 0 amide bonds. The molecule has 112 valence electrons. The minimum Gasteiger partial charge on any atom is -0.480 e. The number of rotatable bonds is 5. The molecule has 0 bridgehead atoms. The number of hydrogen-bond acceptors (Lipinski definition) is 3. The molecule has 0 heterocycles. The maximum absolute atomic E-state index is 12.2. The summed E-state index contributed by atoms with van der Waals surface area (Å²) >= 11 is -0.169. The number of hydrogen-bond donors (Lipinski definition) is 1. The summed E-state index contributed by atoms with van der Waals surface area (Å²) in [6, 6.07) is 5.91. The fourth-order valence-electron chi connectivity index (χ4n) is 1.43. The number of likely N-dealkylation sites (N-methyl/N-ethyl adjacent to an activating group) is 1. The van der Waals surface area contributed by atoms with Gasteiger partial charge in [-0.3, -0.25) is 9.69 Å². The second kappa shape index (κ2) is 6.05. The van der Waals surface area contributed by atoms with E-state index in [1.165, 1.54) is 12.1 Å². The predicted octanol–water partition coefficient (Wildman–Crippen LogP) is 3.59. The number of carboxylic acid groups (broad SMARTS) is 1. The largest absolute Gasteiger partial charge is 0.480 e. The molecule has 0 saturated heterocycles. The van der Waals surface area contributed by atoms with Gasteiger partial charge >= 0.3 is 11.5 Å². The first-order valence-corrected chi connectivity index (χ1v) is 6.63. The predicted molar refractivity (Wildman–Crippen MR) is 71.5 cm³/mol. The fraction of sp³-hybridized carbons (Fsp3) is 0.462. The SMILES string of the molecule is CN(Cc1ccc(SC(F)(F)F)cc1)C(C)(C)C(=O)O. The van der Waals surface area contributed by atoms with Gasteiger partial charge in [-0.05, 0) is 50.4 Å². The third kappa shape index (κ3) is 4.72. The van der Waals surface area contributed by atoms with Crippen LogP contribution in [-0.2, 0) is 11.3 Å². The molecule has 7 heteroatoms. The third-order valence-electron chi connectivity index (χ3n) is 3.05. The Morgan fingerprint density at radius 2 is 1.75 bits per heavy atom. The smallest absolute Gasteiger partial charge is 0.446 e. The zero-order valence-electron chi connectivity index (χ0n) is 11.4. The van der Waals surface area contributed by atoms with Crippen molar-refractivity contribution in [2.75, 3.05) is 7.05 Å². The van der Waals surface area contributed by atoms with Gasteiger partial charge < -0.3 is 5.11 Å². The zero-order valence-corrected chi connectivity index (χ0v) is 12.2. The summed E-state index contributed by atoms with van der Waals surface area (Å²) in [5.41, 5.74) is -4.59. The van der Waals surface area contributed by atoms with E-state index in [9.17, 15) is 18.0 Å². The van der Waals surface area contributed by atoms with Gasteiger partial charge in [0.05, 0.1) is 0 Å². The van der Waals surface area contributed by atoms with Crippen LogP contribution in [-0.4, -0.2) is 34.1 Å². The summed E-state index contributed by atoms with van der Waals surface area (Å²) in [4.78, 5) is 12.8. The van der Waals surface area contributed by atoms with Crippen molar-refractivity contribution in [3.8, 4) is 0 Å². The highest BCUT2D eigenvalue weighted by Crippen LogP contribution is 2.36. The highest BCUT2D eigenvalue weighted by molar-refractivity contribution is 8.00. The molecule has 20 heavy (non-hydrogen) atoms. The molecular formula is C13H16F3NO2S. The molecule has 0 fully saturated rings. The van der Waals surface area contributed by atoms with E-state index in [1.807, 2.05) is 0 Å². The Morgan fingerprint density at radius 1 is 1.25 bits per heavy atom. The van der Waals surface area contributed by atoms with Crippen LogP contribution in [0, 0.1) is 0 Å². The summed E-state index contributed by atoms with van der Waals surface area (Å²) in [5, 5.41) is 9.09. The average Bonchev–Trinajstić information content (AvgIpc) is 2.29. The molecule has 1 aromatic rings. The number of benzene rings is 1. The first kappa shape index (κ1) is 16.8. The quantitative estimate of drug-likeness (QED) is 0.844. The minimum absolute atomic E-state index is 0.112.